The summed E-state index contributed by atoms with van der Waals surface area (Å²) < 4.78 is 61.4. The molecule has 0 aliphatic carbocycles. The van der Waals surface area contributed by atoms with Crippen molar-refractivity contribution in [1.29, 1.82) is 0 Å². The van der Waals surface area contributed by atoms with Crippen LogP contribution in [0, 0.1) is 5.82 Å². The number of benzene rings is 2. The van der Waals surface area contributed by atoms with Crippen LogP contribution in [0.25, 0.3) is 0 Å². The summed E-state index contributed by atoms with van der Waals surface area (Å²) in [5, 5.41) is 0.459. The van der Waals surface area contributed by atoms with E-state index in [1.54, 1.807) is 18.2 Å². The van der Waals surface area contributed by atoms with Crippen LogP contribution in [0.4, 0.5) is 17.3 Å². The van der Waals surface area contributed by atoms with E-state index in [1.807, 2.05) is 0 Å². The molecular formula is C14H11BClF4KO2. The zero-order valence-electron chi connectivity index (χ0n) is 12.5. The van der Waals surface area contributed by atoms with E-state index < -0.39 is 18.3 Å². The number of hydrogen-bond acceptors (Lipinski definition) is 2. The summed E-state index contributed by atoms with van der Waals surface area (Å²) in [7, 11) is 1.46. The Morgan fingerprint density at radius 2 is 1.78 bits per heavy atom. The first-order valence-corrected chi connectivity index (χ1v) is 6.63. The Morgan fingerprint density at radius 1 is 1.09 bits per heavy atom. The van der Waals surface area contributed by atoms with Crippen molar-refractivity contribution in [2.24, 2.45) is 0 Å². The van der Waals surface area contributed by atoms with Gasteiger partial charge in [0.15, 0.2) is 0 Å². The Morgan fingerprint density at radius 3 is 2.35 bits per heavy atom. The van der Waals surface area contributed by atoms with Crippen molar-refractivity contribution >= 4 is 24.0 Å². The quantitative estimate of drug-likeness (QED) is 0.579. The molecule has 2 rings (SSSR count). The van der Waals surface area contributed by atoms with E-state index in [-0.39, 0.29) is 63.7 Å². The fourth-order valence-electron chi connectivity index (χ4n) is 1.88. The molecule has 0 aliphatic rings. The van der Waals surface area contributed by atoms with Crippen LogP contribution in [0.5, 0.6) is 11.5 Å². The van der Waals surface area contributed by atoms with Crippen LogP contribution in [-0.4, -0.2) is 14.1 Å². The summed E-state index contributed by atoms with van der Waals surface area (Å²) in [6.07, 6.45) is 0. The van der Waals surface area contributed by atoms with Crippen LogP contribution in [0.3, 0.4) is 0 Å². The van der Waals surface area contributed by atoms with Gasteiger partial charge < -0.3 is 22.4 Å². The van der Waals surface area contributed by atoms with Gasteiger partial charge in [0.2, 0.25) is 0 Å². The number of hydrogen-bond donors (Lipinski definition) is 0. The Bertz CT molecular complexity index is 682. The first-order chi connectivity index (χ1) is 10.3. The van der Waals surface area contributed by atoms with Gasteiger partial charge in [-0.1, -0.05) is 23.1 Å². The minimum atomic E-state index is -5.39. The second-order valence-electron chi connectivity index (χ2n) is 4.50. The predicted molar refractivity (Wildman–Crippen MR) is 77.4 cm³/mol. The molecule has 0 fully saturated rings. The molecule has 0 heterocycles. The van der Waals surface area contributed by atoms with Gasteiger partial charge in [-0.15, -0.1) is 0 Å². The van der Waals surface area contributed by atoms with E-state index in [0.717, 1.165) is 6.07 Å². The average Bonchev–Trinajstić information content (AvgIpc) is 2.44. The minimum Gasteiger partial charge on any atom is -0.496 e. The molecule has 23 heavy (non-hydrogen) atoms. The van der Waals surface area contributed by atoms with Crippen molar-refractivity contribution in [2.75, 3.05) is 7.11 Å². The molecule has 2 aromatic rings. The Balaban J connectivity index is 0.00000264. The Hall–Kier alpha value is -0.249. The summed E-state index contributed by atoms with van der Waals surface area (Å²) >= 11 is 5.86. The summed E-state index contributed by atoms with van der Waals surface area (Å²) in [5.41, 5.74) is -0.674. The smallest absolute Gasteiger partial charge is 0.496 e. The molecule has 0 atom stereocenters. The van der Waals surface area contributed by atoms with Crippen LogP contribution in [-0.2, 0) is 6.61 Å². The van der Waals surface area contributed by atoms with Gasteiger partial charge in [0.05, 0.1) is 12.9 Å². The predicted octanol–water partition coefficient (Wildman–Crippen LogP) is 1.13. The van der Waals surface area contributed by atoms with Crippen molar-refractivity contribution in [2.45, 2.75) is 6.61 Å². The van der Waals surface area contributed by atoms with Gasteiger partial charge in [0.25, 0.3) is 0 Å². The van der Waals surface area contributed by atoms with E-state index in [1.165, 1.54) is 7.11 Å². The van der Waals surface area contributed by atoms with E-state index in [2.05, 4.69) is 0 Å². The maximum atomic E-state index is 13.5. The van der Waals surface area contributed by atoms with Crippen LogP contribution >= 0.6 is 11.6 Å². The van der Waals surface area contributed by atoms with Crippen LogP contribution < -0.4 is 66.3 Å². The van der Waals surface area contributed by atoms with Crippen molar-refractivity contribution in [3.05, 3.63) is 52.8 Å². The maximum Gasteiger partial charge on any atom is 1.00 e. The second-order valence-corrected chi connectivity index (χ2v) is 4.94. The third kappa shape index (κ3) is 5.65. The molecule has 2 aromatic carbocycles. The van der Waals surface area contributed by atoms with Gasteiger partial charge in [-0.2, -0.15) is 0 Å². The molecular weight excluding hydrogens is 362 g/mol. The van der Waals surface area contributed by atoms with Crippen molar-refractivity contribution in [3.8, 4) is 11.5 Å². The monoisotopic (exact) mass is 372 g/mol. The molecule has 0 spiro atoms. The second kappa shape index (κ2) is 8.73. The molecule has 0 bridgehead atoms. The molecule has 0 aromatic heterocycles. The summed E-state index contributed by atoms with van der Waals surface area (Å²) in [4.78, 5) is 0. The normalized spacial score (nSPS) is 10.9. The molecule has 0 unspecified atom stereocenters. The first-order valence-electron chi connectivity index (χ1n) is 6.26. The average molecular weight is 373 g/mol. The topological polar surface area (TPSA) is 18.5 Å². The fourth-order valence-corrected chi connectivity index (χ4v) is 2.08. The first kappa shape index (κ1) is 20.8. The number of rotatable bonds is 5. The zero-order valence-corrected chi connectivity index (χ0v) is 16.3. The van der Waals surface area contributed by atoms with Crippen LogP contribution in [0.1, 0.15) is 5.56 Å². The van der Waals surface area contributed by atoms with Gasteiger partial charge in [-0.3, -0.25) is 0 Å². The minimum absolute atomic E-state index is 0. The third-order valence-corrected chi connectivity index (χ3v) is 3.20. The van der Waals surface area contributed by atoms with Crippen LogP contribution in [0.2, 0.25) is 5.02 Å². The van der Waals surface area contributed by atoms with Gasteiger partial charge >= 0.3 is 58.4 Å². The van der Waals surface area contributed by atoms with Gasteiger partial charge in [-0.25, -0.2) is 4.39 Å². The summed E-state index contributed by atoms with van der Waals surface area (Å²) in [5.74, 6) is -0.855. The number of halogens is 5. The van der Waals surface area contributed by atoms with Gasteiger partial charge in [0.1, 0.15) is 18.1 Å². The van der Waals surface area contributed by atoms with Crippen LogP contribution in [0.15, 0.2) is 36.4 Å². The van der Waals surface area contributed by atoms with E-state index >= 15 is 0 Å². The Labute approximate surface area is 178 Å². The summed E-state index contributed by atoms with van der Waals surface area (Å²) in [6.45, 7) is -5.40. The standard InChI is InChI=1S/C14H11BClF4O2.K/c1-21-14-5-2-10(16)6-9(14)8-22-11-3-4-12(13(17)7-11)15(18,19)20;/h2-7H,8H2,1H3;/q-1;+1. The number of methoxy groups -OCH3 is 1. The fraction of sp³-hybridized carbons (Fsp3) is 0.143. The van der Waals surface area contributed by atoms with Crippen molar-refractivity contribution in [3.63, 3.8) is 0 Å². The molecule has 0 aliphatic heterocycles. The van der Waals surface area contributed by atoms with Crippen molar-refractivity contribution < 1.29 is 78.2 Å². The maximum absolute atomic E-state index is 13.5. The largest absolute Gasteiger partial charge is 1.00 e. The molecule has 2 nitrogen and oxygen atoms in total. The van der Waals surface area contributed by atoms with E-state index in [4.69, 9.17) is 21.1 Å². The zero-order chi connectivity index (χ0) is 16.3. The molecule has 0 radical (unpaired) electrons. The van der Waals surface area contributed by atoms with Gasteiger partial charge in [0, 0.05) is 16.7 Å². The third-order valence-electron chi connectivity index (χ3n) is 2.96. The molecule has 0 amide bonds. The van der Waals surface area contributed by atoms with E-state index in [9.17, 15) is 17.3 Å². The van der Waals surface area contributed by atoms with Crippen molar-refractivity contribution in [1.82, 2.24) is 0 Å². The summed E-state index contributed by atoms with van der Waals surface area (Å²) in [6, 6.07) is 7.32. The number of ether oxygens (including phenoxy) is 2. The molecule has 118 valence electrons. The molecule has 9 heteroatoms. The molecule has 0 N–H and O–H groups in total. The van der Waals surface area contributed by atoms with E-state index in [0.29, 0.717) is 28.5 Å². The molecule has 0 saturated carbocycles. The molecule has 0 saturated heterocycles. The van der Waals surface area contributed by atoms with Gasteiger partial charge in [-0.05, 0) is 24.3 Å². The Kier molecular flexibility index (Phi) is 7.90. The SMILES string of the molecule is COc1ccc(Cl)cc1COc1ccc([B-](F)(F)F)c(F)c1.[K+].